The van der Waals surface area contributed by atoms with E-state index in [1.54, 1.807) is 22.7 Å². The lowest BCUT2D eigenvalue weighted by molar-refractivity contribution is 0.157. The fourth-order valence-corrected chi connectivity index (χ4v) is 2.90. The standard InChI is InChI=1S/C12H16N2OS2/c1-9(13-6-10-7-16-8-14-10)5-11(15)12-3-2-4-17-12/h2-4,7-9,11,13,15H,5-6H2,1H3/t9-,11+/m0/s1. The molecule has 2 rings (SSSR count). The molecule has 0 fully saturated rings. The topological polar surface area (TPSA) is 45.1 Å². The van der Waals surface area contributed by atoms with Crippen molar-refractivity contribution in [1.29, 1.82) is 0 Å². The van der Waals surface area contributed by atoms with E-state index in [0.29, 0.717) is 0 Å². The highest BCUT2D eigenvalue weighted by Crippen LogP contribution is 2.22. The molecule has 0 saturated heterocycles. The second-order valence-electron chi connectivity index (χ2n) is 4.03. The summed E-state index contributed by atoms with van der Waals surface area (Å²) >= 11 is 3.20. The fourth-order valence-electron chi connectivity index (χ4n) is 1.62. The zero-order valence-electron chi connectivity index (χ0n) is 9.67. The highest BCUT2D eigenvalue weighted by Gasteiger charge is 2.12. The SMILES string of the molecule is C[C@@H](C[C@@H](O)c1cccs1)NCc1cscn1. The van der Waals surface area contributed by atoms with Crippen LogP contribution in [0.15, 0.2) is 28.4 Å². The molecule has 2 aromatic rings. The van der Waals surface area contributed by atoms with Crippen LogP contribution in [0.4, 0.5) is 0 Å². The van der Waals surface area contributed by atoms with Crippen molar-refractivity contribution in [3.8, 4) is 0 Å². The maximum absolute atomic E-state index is 9.99. The van der Waals surface area contributed by atoms with Crippen LogP contribution in [0.25, 0.3) is 0 Å². The molecule has 0 radical (unpaired) electrons. The van der Waals surface area contributed by atoms with Crippen molar-refractivity contribution in [2.24, 2.45) is 0 Å². The van der Waals surface area contributed by atoms with E-state index in [1.807, 2.05) is 28.4 Å². The number of hydrogen-bond acceptors (Lipinski definition) is 5. The van der Waals surface area contributed by atoms with E-state index in [9.17, 15) is 5.11 Å². The third-order valence-corrected chi connectivity index (χ3v) is 4.17. The minimum absolute atomic E-state index is 0.272. The lowest BCUT2D eigenvalue weighted by Gasteiger charge is -2.16. The Morgan fingerprint density at radius 2 is 2.41 bits per heavy atom. The van der Waals surface area contributed by atoms with E-state index in [4.69, 9.17) is 0 Å². The predicted molar refractivity (Wildman–Crippen MR) is 72.3 cm³/mol. The van der Waals surface area contributed by atoms with E-state index in [-0.39, 0.29) is 12.1 Å². The highest BCUT2D eigenvalue weighted by atomic mass is 32.1. The van der Waals surface area contributed by atoms with Gasteiger partial charge in [-0.15, -0.1) is 22.7 Å². The molecule has 92 valence electrons. The molecule has 2 heterocycles. The number of aliphatic hydroxyl groups excluding tert-OH is 1. The van der Waals surface area contributed by atoms with E-state index in [1.165, 1.54) is 0 Å². The lowest BCUT2D eigenvalue weighted by Crippen LogP contribution is -2.27. The number of nitrogens with zero attached hydrogens (tertiary/aromatic N) is 1. The highest BCUT2D eigenvalue weighted by molar-refractivity contribution is 7.10. The average molecular weight is 268 g/mol. The predicted octanol–water partition coefficient (Wildman–Crippen LogP) is 2.81. The first-order chi connectivity index (χ1) is 8.25. The molecule has 0 amide bonds. The third kappa shape index (κ3) is 3.89. The number of thiazole rings is 1. The van der Waals surface area contributed by atoms with Crippen molar-refractivity contribution in [2.75, 3.05) is 0 Å². The Labute approximate surface area is 109 Å². The van der Waals surface area contributed by atoms with Crippen LogP contribution in [0.1, 0.15) is 30.0 Å². The Hall–Kier alpha value is -0.750. The Bertz CT molecular complexity index is 414. The fraction of sp³-hybridized carbons (Fsp3) is 0.417. The Morgan fingerprint density at radius 1 is 1.53 bits per heavy atom. The van der Waals surface area contributed by atoms with Crippen LogP contribution in [-0.2, 0) is 6.54 Å². The molecule has 0 unspecified atom stereocenters. The second-order valence-corrected chi connectivity index (χ2v) is 5.73. The molecule has 0 aliphatic heterocycles. The van der Waals surface area contributed by atoms with Crippen LogP contribution in [0.2, 0.25) is 0 Å². The molecule has 3 nitrogen and oxygen atoms in total. The van der Waals surface area contributed by atoms with Crippen LogP contribution in [0, 0.1) is 0 Å². The Kier molecular flexibility index (Phi) is 4.67. The zero-order chi connectivity index (χ0) is 12.1. The van der Waals surface area contributed by atoms with Crippen molar-refractivity contribution in [3.63, 3.8) is 0 Å². The lowest BCUT2D eigenvalue weighted by atomic mass is 10.1. The summed E-state index contributed by atoms with van der Waals surface area (Å²) in [6.07, 6.45) is 0.359. The first-order valence-corrected chi connectivity index (χ1v) is 7.40. The molecule has 2 aromatic heterocycles. The van der Waals surface area contributed by atoms with Crippen LogP contribution < -0.4 is 5.32 Å². The molecule has 0 saturated carbocycles. The quantitative estimate of drug-likeness (QED) is 0.847. The average Bonchev–Trinajstić information content (AvgIpc) is 2.99. The molecule has 0 bridgehead atoms. The van der Waals surface area contributed by atoms with Gasteiger partial charge in [0, 0.05) is 22.8 Å². The molecule has 0 aliphatic rings. The van der Waals surface area contributed by atoms with Gasteiger partial charge in [-0.3, -0.25) is 0 Å². The van der Waals surface area contributed by atoms with Gasteiger partial charge in [0.25, 0.3) is 0 Å². The van der Waals surface area contributed by atoms with Crippen molar-refractivity contribution in [2.45, 2.75) is 32.0 Å². The summed E-state index contributed by atoms with van der Waals surface area (Å²) in [6.45, 7) is 2.85. The van der Waals surface area contributed by atoms with Crippen molar-refractivity contribution in [1.82, 2.24) is 10.3 Å². The van der Waals surface area contributed by atoms with Gasteiger partial charge in [-0.05, 0) is 24.8 Å². The third-order valence-electron chi connectivity index (χ3n) is 2.56. The van der Waals surface area contributed by atoms with Gasteiger partial charge < -0.3 is 10.4 Å². The zero-order valence-corrected chi connectivity index (χ0v) is 11.3. The largest absolute Gasteiger partial charge is 0.388 e. The van der Waals surface area contributed by atoms with E-state index >= 15 is 0 Å². The maximum atomic E-state index is 9.99. The van der Waals surface area contributed by atoms with Crippen molar-refractivity contribution >= 4 is 22.7 Å². The molecule has 2 atom stereocenters. The number of thiophene rings is 1. The van der Waals surface area contributed by atoms with Crippen LogP contribution >= 0.6 is 22.7 Å². The van der Waals surface area contributed by atoms with Crippen molar-refractivity contribution < 1.29 is 5.11 Å². The molecule has 2 N–H and O–H groups in total. The molecule has 0 aliphatic carbocycles. The summed E-state index contributed by atoms with van der Waals surface area (Å²) in [5.41, 5.74) is 2.90. The summed E-state index contributed by atoms with van der Waals surface area (Å²) in [4.78, 5) is 5.25. The van der Waals surface area contributed by atoms with Gasteiger partial charge in [-0.1, -0.05) is 6.07 Å². The van der Waals surface area contributed by atoms with Gasteiger partial charge in [-0.25, -0.2) is 4.98 Å². The summed E-state index contributed by atoms with van der Waals surface area (Å²) in [5, 5.41) is 17.4. The smallest absolute Gasteiger partial charge is 0.0896 e. The van der Waals surface area contributed by atoms with Gasteiger partial charge in [0.15, 0.2) is 0 Å². The molecular weight excluding hydrogens is 252 g/mol. The van der Waals surface area contributed by atoms with Crippen LogP contribution in [0.3, 0.4) is 0 Å². The summed E-state index contributed by atoms with van der Waals surface area (Å²) in [5.74, 6) is 0. The Balaban J connectivity index is 1.75. The molecule has 17 heavy (non-hydrogen) atoms. The summed E-state index contributed by atoms with van der Waals surface area (Å²) in [6, 6.07) is 4.22. The van der Waals surface area contributed by atoms with Gasteiger partial charge in [-0.2, -0.15) is 0 Å². The number of aromatic nitrogens is 1. The first kappa shape index (κ1) is 12.7. The number of nitrogens with one attached hydrogen (secondary N) is 1. The minimum atomic E-state index is -0.368. The Morgan fingerprint density at radius 3 is 3.06 bits per heavy atom. The first-order valence-electron chi connectivity index (χ1n) is 5.57. The number of rotatable bonds is 6. The maximum Gasteiger partial charge on any atom is 0.0896 e. The van der Waals surface area contributed by atoms with Crippen molar-refractivity contribution in [3.05, 3.63) is 39.0 Å². The molecule has 0 spiro atoms. The van der Waals surface area contributed by atoms with Crippen LogP contribution in [0.5, 0.6) is 0 Å². The second kappa shape index (κ2) is 6.26. The van der Waals surface area contributed by atoms with Gasteiger partial charge in [0.1, 0.15) is 0 Å². The molecule has 5 heteroatoms. The number of aliphatic hydroxyl groups is 1. The van der Waals surface area contributed by atoms with E-state index in [2.05, 4.69) is 17.2 Å². The summed E-state index contributed by atoms with van der Waals surface area (Å²) < 4.78 is 0. The van der Waals surface area contributed by atoms with Gasteiger partial charge in [0.05, 0.1) is 17.3 Å². The van der Waals surface area contributed by atoms with Gasteiger partial charge >= 0.3 is 0 Å². The van der Waals surface area contributed by atoms with E-state index in [0.717, 1.165) is 23.5 Å². The number of hydrogen-bond donors (Lipinski definition) is 2. The van der Waals surface area contributed by atoms with Gasteiger partial charge in [0.2, 0.25) is 0 Å². The van der Waals surface area contributed by atoms with E-state index < -0.39 is 0 Å². The molecule has 0 aromatic carbocycles. The monoisotopic (exact) mass is 268 g/mol. The summed E-state index contributed by atoms with van der Waals surface area (Å²) in [7, 11) is 0. The molecular formula is C12H16N2OS2. The van der Waals surface area contributed by atoms with Crippen LogP contribution in [-0.4, -0.2) is 16.1 Å². The normalized spacial score (nSPS) is 14.7. The minimum Gasteiger partial charge on any atom is -0.388 e.